The number of ether oxygens (including phenoxy) is 1. The minimum Gasteiger partial charge on any atom is -0.494 e. The van der Waals surface area contributed by atoms with Crippen LogP contribution in [0.15, 0.2) is 79.1 Å². The summed E-state index contributed by atoms with van der Waals surface area (Å²) in [6.45, 7) is 1.55. The van der Waals surface area contributed by atoms with E-state index < -0.39 is 0 Å². The molecule has 5 rings (SSSR count). The van der Waals surface area contributed by atoms with Gasteiger partial charge in [0.15, 0.2) is 6.33 Å². The molecule has 0 aliphatic heterocycles. The maximum atomic E-state index is 12.9. The van der Waals surface area contributed by atoms with Gasteiger partial charge in [0.1, 0.15) is 11.3 Å². The molecule has 9 heteroatoms. The van der Waals surface area contributed by atoms with Gasteiger partial charge in [-0.2, -0.15) is 9.48 Å². The van der Waals surface area contributed by atoms with Crippen molar-refractivity contribution in [1.29, 1.82) is 0 Å². The van der Waals surface area contributed by atoms with E-state index in [0.29, 0.717) is 16.6 Å². The predicted molar refractivity (Wildman–Crippen MR) is 140 cm³/mol. The summed E-state index contributed by atoms with van der Waals surface area (Å²) < 4.78 is 7.26. The maximum absolute atomic E-state index is 12.9. The Bertz CT molecular complexity index is 1410. The van der Waals surface area contributed by atoms with Gasteiger partial charge in [0.2, 0.25) is 0 Å². The number of tetrazole rings is 1. The Balaban J connectivity index is 1.04. The zero-order valence-electron chi connectivity index (χ0n) is 20.6. The number of hydrogen-bond donors (Lipinski definition) is 0. The number of carbonyl (C=O) groups is 1. The van der Waals surface area contributed by atoms with E-state index in [0.717, 1.165) is 49.3 Å². The maximum Gasteiger partial charge on any atom is 0.280 e. The first-order chi connectivity index (χ1) is 18.3. The molecule has 0 N–H and O–H groups in total. The van der Waals surface area contributed by atoms with E-state index in [1.807, 2.05) is 72.8 Å². The quantitative estimate of drug-likeness (QED) is 0.219. The number of hydrogen-bond acceptors (Lipinski definition) is 7. The highest BCUT2D eigenvalue weighted by molar-refractivity contribution is 6.00. The summed E-state index contributed by atoms with van der Waals surface area (Å²) in [7, 11) is 0. The Hall–Kier alpha value is -4.40. The summed E-state index contributed by atoms with van der Waals surface area (Å²) in [5.41, 5.74) is 4.06. The molecule has 2 heterocycles. The third-order valence-electron chi connectivity index (χ3n) is 6.28. The summed E-state index contributed by atoms with van der Waals surface area (Å²) in [6, 6.07) is 23.0. The molecule has 3 aromatic carbocycles. The van der Waals surface area contributed by atoms with Crippen molar-refractivity contribution in [1.82, 2.24) is 35.2 Å². The van der Waals surface area contributed by atoms with Crippen molar-refractivity contribution in [3.63, 3.8) is 0 Å². The molecule has 0 unspecified atom stereocenters. The van der Waals surface area contributed by atoms with Crippen molar-refractivity contribution in [3.8, 4) is 16.9 Å². The summed E-state index contributed by atoms with van der Waals surface area (Å²) in [4.78, 5) is 14.5. The number of carbonyl (C=O) groups excluding carboxylic acids is 1. The predicted octanol–water partition coefficient (Wildman–Crippen LogP) is 5.19. The van der Waals surface area contributed by atoms with Crippen molar-refractivity contribution < 1.29 is 9.53 Å². The molecule has 188 valence electrons. The van der Waals surface area contributed by atoms with Gasteiger partial charge in [0.25, 0.3) is 5.91 Å². The van der Waals surface area contributed by atoms with Crippen LogP contribution in [0.1, 0.15) is 48.9 Å². The molecule has 0 aliphatic rings. The van der Waals surface area contributed by atoms with Crippen molar-refractivity contribution >= 4 is 16.9 Å². The van der Waals surface area contributed by atoms with Crippen LogP contribution in [0.4, 0.5) is 0 Å². The topological polar surface area (TPSA) is 101 Å². The van der Waals surface area contributed by atoms with E-state index in [9.17, 15) is 4.79 Å². The van der Waals surface area contributed by atoms with E-state index >= 15 is 0 Å². The molecule has 5 aromatic rings. The Morgan fingerprint density at radius 3 is 2.22 bits per heavy atom. The minimum absolute atomic E-state index is 0.201. The van der Waals surface area contributed by atoms with E-state index in [2.05, 4.69) is 25.7 Å². The molecule has 0 saturated heterocycles. The van der Waals surface area contributed by atoms with Crippen LogP contribution in [0.5, 0.6) is 5.75 Å². The smallest absolute Gasteiger partial charge is 0.280 e. The largest absolute Gasteiger partial charge is 0.494 e. The van der Waals surface area contributed by atoms with Gasteiger partial charge in [0, 0.05) is 5.56 Å². The van der Waals surface area contributed by atoms with Gasteiger partial charge in [0.05, 0.1) is 18.7 Å². The summed E-state index contributed by atoms with van der Waals surface area (Å²) >= 11 is 0. The number of unbranched alkanes of at least 4 members (excludes halogenated alkanes) is 5. The second-order valence-electron chi connectivity index (χ2n) is 8.90. The lowest BCUT2D eigenvalue weighted by Crippen LogP contribution is -2.13. The fourth-order valence-electron chi connectivity index (χ4n) is 4.23. The molecular weight excluding hydrogens is 466 g/mol. The highest BCUT2D eigenvalue weighted by atomic mass is 16.5. The Morgan fingerprint density at radius 1 is 0.757 bits per heavy atom. The monoisotopic (exact) mass is 495 g/mol. The van der Waals surface area contributed by atoms with Crippen LogP contribution >= 0.6 is 0 Å². The molecule has 0 radical (unpaired) electrons. The minimum atomic E-state index is -0.201. The highest BCUT2D eigenvalue weighted by Gasteiger charge is 2.14. The highest BCUT2D eigenvalue weighted by Crippen LogP contribution is 2.24. The molecule has 0 atom stereocenters. The zero-order valence-corrected chi connectivity index (χ0v) is 20.6. The molecule has 0 saturated carbocycles. The molecule has 0 bridgehead atoms. The van der Waals surface area contributed by atoms with E-state index in [4.69, 9.17) is 4.74 Å². The normalized spacial score (nSPS) is 11.1. The van der Waals surface area contributed by atoms with E-state index in [-0.39, 0.29) is 5.91 Å². The van der Waals surface area contributed by atoms with Crippen LogP contribution in [0.25, 0.3) is 22.2 Å². The van der Waals surface area contributed by atoms with Crippen molar-refractivity contribution in [2.45, 2.75) is 45.1 Å². The zero-order chi connectivity index (χ0) is 25.3. The number of para-hydroxylation sites is 1. The number of aryl methyl sites for hydroxylation is 1. The number of nitrogens with zero attached hydrogens (tertiary/aromatic N) is 7. The number of aromatic nitrogens is 7. The van der Waals surface area contributed by atoms with E-state index in [1.54, 1.807) is 4.80 Å². The van der Waals surface area contributed by atoms with Gasteiger partial charge in [-0.1, -0.05) is 67.3 Å². The van der Waals surface area contributed by atoms with Gasteiger partial charge in [-0.3, -0.25) is 4.79 Å². The average molecular weight is 496 g/mol. The van der Waals surface area contributed by atoms with E-state index in [1.165, 1.54) is 30.3 Å². The summed E-state index contributed by atoms with van der Waals surface area (Å²) in [6.07, 6.45) is 8.35. The molecule has 0 spiro atoms. The molecule has 0 aliphatic carbocycles. The van der Waals surface area contributed by atoms with Crippen LogP contribution in [0.2, 0.25) is 0 Å². The van der Waals surface area contributed by atoms with Crippen LogP contribution in [-0.2, 0) is 6.54 Å². The third kappa shape index (κ3) is 6.24. The molecule has 0 fully saturated rings. The molecule has 0 amide bonds. The van der Waals surface area contributed by atoms with Gasteiger partial charge in [-0.25, -0.2) is 0 Å². The Morgan fingerprint density at radius 2 is 1.46 bits per heavy atom. The number of rotatable bonds is 12. The number of benzene rings is 3. The van der Waals surface area contributed by atoms with Crippen molar-refractivity contribution in [2.24, 2.45) is 0 Å². The average Bonchev–Trinajstić information content (AvgIpc) is 3.62. The lowest BCUT2D eigenvalue weighted by Gasteiger charge is -2.08. The molecule has 9 nitrogen and oxygen atoms in total. The first-order valence-electron chi connectivity index (χ1n) is 12.7. The fourth-order valence-corrected chi connectivity index (χ4v) is 4.23. The van der Waals surface area contributed by atoms with Gasteiger partial charge < -0.3 is 4.74 Å². The van der Waals surface area contributed by atoms with Gasteiger partial charge in [-0.05, 0) is 65.6 Å². The van der Waals surface area contributed by atoms with Crippen molar-refractivity contribution in [2.75, 3.05) is 6.61 Å². The van der Waals surface area contributed by atoms with Crippen molar-refractivity contribution in [3.05, 3.63) is 84.7 Å². The summed E-state index contributed by atoms with van der Waals surface area (Å²) in [5, 5.41) is 19.7. The van der Waals surface area contributed by atoms with Crippen LogP contribution < -0.4 is 4.74 Å². The van der Waals surface area contributed by atoms with Crippen LogP contribution in [-0.4, -0.2) is 47.7 Å². The molecular formula is C28H29N7O2. The lowest BCUT2D eigenvalue weighted by atomic mass is 10.0. The second-order valence-corrected chi connectivity index (χ2v) is 8.90. The standard InChI is InChI=1S/C28H29N7O2/c36-28(35-27-10-6-5-9-26(27)31-33-35)24-13-11-22(12-14-24)23-15-17-25(18-16-23)37-20-8-4-2-1-3-7-19-34-30-21-29-32-34/h5-6,9-18,21H,1-4,7-8,19-20H2. The van der Waals surface area contributed by atoms with Gasteiger partial charge in [-0.15, -0.1) is 15.3 Å². The Labute approximate surface area is 215 Å². The SMILES string of the molecule is O=C(c1ccc(-c2ccc(OCCCCCCCCn3ncnn3)cc2)cc1)n1nnc2ccccc21. The molecule has 2 aromatic heterocycles. The first kappa shape index (κ1) is 24.3. The summed E-state index contributed by atoms with van der Waals surface area (Å²) in [5.74, 6) is 0.669. The van der Waals surface area contributed by atoms with Crippen LogP contribution in [0, 0.1) is 0 Å². The van der Waals surface area contributed by atoms with Crippen LogP contribution in [0.3, 0.4) is 0 Å². The Kier molecular flexibility index (Phi) is 7.90. The molecule has 37 heavy (non-hydrogen) atoms. The third-order valence-corrected chi connectivity index (χ3v) is 6.28. The fraction of sp³-hybridized carbons (Fsp3) is 0.286. The first-order valence-corrected chi connectivity index (χ1v) is 12.7. The van der Waals surface area contributed by atoms with Gasteiger partial charge >= 0.3 is 0 Å². The number of fused-ring (bicyclic) bond motifs is 1. The lowest BCUT2D eigenvalue weighted by molar-refractivity contribution is 0.0948. The second kappa shape index (κ2) is 12.0.